The average Bonchev–Trinajstić information content (AvgIpc) is 2.85. The second kappa shape index (κ2) is 17.0. The third-order valence-electron chi connectivity index (χ3n) is 6.06. The Morgan fingerprint density at radius 1 is 0.872 bits per heavy atom. The quantitative estimate of drug-likeness (QED) is 0.103. The highest BCUT2D eigenvalue weighted by Gasteiger charge is 2.23. The lowest BCUT2D eigenvalue weighted by molar-refractivity contribution is -0.125. The smallest absolute Gasteiger partial charge is 0.222 e. The molecule has 10 heteroatoms. The van der Waals surface area contributed by atoms with Gasteiger partial charge < -0.3 is 31.0 Å². The number of ether oxygens (including phenoxy) is 3. The Bertz CT molecular complexity index is 951. The Morgan fingerprint density at radius 2 is 1.46 bits per heavy atom. The van der Waals surface area contributed by atoms with E-state index in [1.54, 1.807) is 6.92 Å². The summed E-state index contributed by atoms with van der Waals surface area (Å²) in [6.07, 6.45) is 2.14. The number of hydrogen-bond donors (Lipinski definition) is 3. The van der Waals surface area contributed by atoms with E-state index in [2.05, 4.69) is 15.5 Å². The van der Waals surface area contributed by atoms with Crippen molar-refractivity contribution in [2.75, 3.05) is 26.4 Å². The lowest BCUT2D eigenvalue weighted by Gasteiger charge is -2.29. The van der Waals surface area contributed by atoms with Crippen molar-refractivity contribution >= 4 is 23.4 Å². The molecular formula is C29H49N5O5. The van der Waals surface area contributed by atoms with Crippen molar-refractivity contribution in [2.24, 2.45) is 27.6 Å². The van der Waals surface area contributed by atoms with Crippen molar-refractivity contribution in [1.82, 2.24) is 5.32 Å². The first-order valence-corrected chi connectivity index (χ1v) is 13.6. The lowest BCUT2D eigenvalue weighted by Crippen LogP contribution is -2.32. The van der Waals surface area contributed by atoms with Crippen LogP contribution >= 0.6 is 0 Å². The van der Waals surface area contributed by atoms with Crippen LogP contribution in [0.5, 0.6) is 0 Å². The van der Waals surface area contributed by atoms with E-state index >= 15 is 0 Å². The lowest BCUT2D eigenvalue weighted by atomic mass is 10.0. The highest BCUT2D eigenvalue weighted by atomic mass is 16.5. The second-order valence-electron chi connectivity index (χ2n) is 11.1. The van der Waals surface area contributed by atoms with Crippen molar-refractivity contribution in [3.8, 4) is 0 Å². The number of nitrogens with zero attached hydrogens (tertiary/aromatic N) is 2. The number of Topliss-reactive ketones (excluding diaryl/α,β-unsaturated/α-hetero) is 1. The zero-order valence-corrected chi connectivity index (χ0v) is 24.8. The molecule has 0 bridgehead atoms. The zero-order valence-electron chi connectivity index (χ0n) is 24.8. The third-order valence-corrected chi connectivity index (χ3v) is 6.06. The summed E-state index contributed by atoms with van der Waals surface area (Å²) >= 11 is 0. The van der Waals surface area contributed by atoms with Gasteiger partial charge in [-0.15, -0.1) is 10.2 Å². The van der Waals surface area contributed by atoms with Crippen LogP contribution in [0.3, 0.4) is 0 Å². The number of carbonyl (C=O) groups excluding carboxylic acids is 2. The largest absolute Gasteiger partial charge is 0.386 e. The summed E-state index contributed by atoms with van der Waals surface area (Å²) < 4.78 is 17.6. The van der Waals surface area contributed by atoms with Crippen LogP contribution in [0.1, 0.15) is 85.3 Å². The first-order valence-electron chi connectivity index (χ1n) is 13.6. The average molecular weight is 548 g/mol. The number of rotatable bonds is 19. The molecule has 1 amide bonds. The molecule has 0 aliphatic rings. The minimum absolute atomic E-state index is 0.0373. The molecule has 0 atom stereocenters. The number of hydrogen-bond acceptors (Lipinski definition) is 7. The van der Waals surface area contributed by atoms with Gasteiger partial charge in [-0.3, -0.25) is 9.59 Å². The van der Waals surface area contributed by atoms with Crippen LogP contribution in [0.2, 0.25) is 0 Å². The molecule has 1 aromatic carbocycles. The SMILES string of the molecule is C/C(N)=N/N=C(\N)c1ccc(CNC(=O)CCOCCC(C)(C)OCCC(C)(C)OCCC(=O)C(C)C)cc1. The second-order valence-corrected chi connectivity index (χ2v) is 11.1. The zero-order chi connectivity index (χ0) is 29.5. The fourth-order valence-corrected chi connectivity index (χ4v) is 3.29. The fraction of sp³-hybridized carbons (Fsp3) is 0.655. The number of amidine groups is 2. The molecule has 0 radical (unpaired) electrons. The number of amides is 1. The predicted octanol–water partition coefficient (Wildman–Crippen LogP) is 3.69. The standard InChI is InChI=1S/C29H49N5O5/c1-21(2)25(35)12-17-38-29(6,7)15-19-39-28(4,5)14-18-37-16-13-26(36)32-20-23-8-10-24(11-9-23)27(31)34-33-22(3)30/h8-11,21H,12-20H2,1-7H3,(H2,30,33)(H2,31,34)(H,32,36). The Kier molecular flexibility index (Phi) is 14.9. The van der Waals surface area contributed by atoms with Gasteiger partial charge in [-0.2, -0.15) is 0 Å². The van der Waals surface area contributed by atoms with Crippen LogP contribution in [-0.4, -0.2) is 61.0 Å². The molecule has 0 heterocycles. The van der Waals surface area contributed by atoms with Crippen LogP contribution in [-0.2, 0) is 30.3 Å². The molecule has 1 aromatic rings. The predicted molar refractivity (Wildman–Crippen MR) is 156 cm³/mol. The van der Waals surface area contributed by atoms with Crippen molar-refractivity contribution < 1.29 is 23.8 Å². The van der Waals surface area contributed by atoms with Gasteiger partial charge in [0.1, 0.15) is 11.6 Å². The molecule has 0 saturated carbocycles. The van der Waals surface area contributed by atoms with E-state index in [-0.39, 0.29) is 41.1 Å². The third kappa shape index (κ3) is 16.0. The highest BCUT2D eigenvalue weighted by Crippen LogP contribution is 2.20. The summed E-state index contributed by atoms with van der Waals surface area (Å²) in [7, 11) is 0. The molecule has 0 saturated heterocycles. The summed E-state index contributed by atoms with van der Waals surface area (Å²) in [6, 6.07) is 7.38. The van der Waals surface area contributed by atoms with E-state index in [0.29, 0.717) is 51.6 Å². The maximum atomic E-state index is 12.2. The van der Waals surface area contributed by atoms with E-state index in [4.69, 9.17) is 25.7 Å². The normalized spacial score (nSPS) is 13.1. The van der Waals surface area contributed by atoms with Crippen LogP contribution in [0.15, 0.2) is 34.5 Å². The first-order chi connectivity index (χ1) is 18.2. The Balaban J connectivity index is 2.22. The number of nitrogens with one attached hydrogen (secondary N) is 1. The summed E-state index contributed by atoms with van der Waals surface area (Å²) in [5, 5.41) is 10.5. The maximum Gasteiger partial charge on any atom is 0.222 e. The summed E-state index contributed by atoms with van der Waals surface area (Å²) in [6.45, 7) is 15.7. The monoisotopic (exact) mass is 547 g/mol. The van der Waals surface area contributed by atoms with E-state index in [9.17, 15) is 9.59 Å². The van der Waals surface area contributed by atoms with Crippen LogP contribution in [0.4, 0.5) is 0 Å². The van der Waals surface area contributed by atoms with Crippen molar-refractivity contribution in [3.05, 3.63) is 35.4 Å². The molecule has 0 unspecified atom stereocenters. The number of nitrogens with two attached hydrogens (primary N) is 2. The molecule has 0 fully saturated rings. The van der Waals surface area contributed by atoms with E-state index in [1.807, 2.05) is 65.8 Å². The molecule has 0 aromatic heterocycles. The molecule has 0 aliphatic carbocycles. The number of benzene rings is 1. The molecule has 39 heavy (non-hydrogen) atoms. The Morgan fingerprint density at radius 3 is 2.05 bits per heavy atom. The molecule has 0 spiro atoms. The van der Waals surface area contributed by atoms with Crippen LogP contribution in [0.25, 0.3) is 0 Å². The van der Waals surface area contributed by atoms with E-state index in [0.717, 1.165) is 17.5 Å². The topological polar surface area (TPSA) is 151 Å². The molecule has 0 aliphatic heterocycles. The van der Waals surface area contributed by atoms with E-state index < -0.39 is 0 Å². The van der Waals surface area contributed by atoms with Gasteiger partial charge >= 0.3 is 0 Å². The van der Waals surface area contributed by atoms with Gasteiger partial charge in [0, 0.05) is 37.5 Å². The van der Waals surface area contributed by atoms with Gasteiger partial charge in [0.15, 0.2) is 5.84 Å². The van der Waals surface area contributed by atoms with Crippen LogP contribution < -0.4 is 16.8 Å². The number of carbonyl (C=O) groups is 2. The molecule has 1 rings (SSSR count). The number of ketones is 1. The molecule has 5 N–H and O–H groups in total. The van der Waals surface area contributed by atoms with Gasteiger partial charge in [-0.25, -0.2) is 0 Å². The minimum Gasteiger partial charge on any atom is -0.386 e. The van der Waals surface area contributed by atoms with Gasteiger partial charge in [-0.1, -0.05) is 38.1 Å². The Labute approximate surface area is 233 Å². The van der Waals surface area contributed by atoms with Gasteiger partial charge in [0.2, 0.25) is 5.91 Å². The minimum atomic E-state index is -0.362. The summed E-state index contributed by atoms with van der Waals surface area (Å²) in [5.41, 5.74) is 12.3. The maximum absolute atomic E-state index is 12.2. The van der Waals surface area contributed by atoms with Gasteiger partial charge in [0.05, 0.1) is 31.0 Å². The van der Waals surface area contributed by atoms with Gasteiger partial charge in [0.25, 0.3) is 0 Å². The molecular weight excluding hydrogens is 498 g/mol. The fourth-order valence-electron chi connectivity index (χ4n) is 3.29. The molecule has 10 nitrogen and oxygen atoms in total. The van der Waals surface area contributed by atoms with Crippen molar-refractivity contribution in [1.29, 1.82) is 0 Å². The molecule has 220 valence electrons. The Hall–Kier alpha value is -2.82. The van der Waals surface area contributed by atoms with Crippen LogP contribution in [0, 0.1) is 5.92 Å². The summed E-state index contributed by atoms with van der Waals surface area (Å²) in [4.78, 5) is 23.9. The van der Waals surface area contributed by atoms with Crippen molar-refractivity contribution in [3.63, 3.8) is 0 Å². The van der Waals surface area contributed by atoms with Crippen molar-refractivity contribution in [2.45, 2.75) is 91.9 Å². The highest BCUT2D eigenvalue weighted by molar-refractivity contribution is 5.97. The summed E-state index contributed by atoms with van der Waals surface area (Å²) in [5.74, 6) is 0.766. The van der Waals surface area contributed by atoms with Gasteiger partial charge in [-0.05, 0) is 53.0 Å². The van der Waals surface area contributed by atoms with E-state index in [1.165, 1.54) is 0 Å². The first kappa shape index (κ1) is 34.2.